The highest BCUT2D eigenvalue weighted by atomic mass is 15.2. The zero-order valence-electron chi connectivity index (χ0n) is 11.7. The van der Waals surface area contributed by atoms with E-state index in [-0.39, 0.29) is 0 Å². The number of fused-ring (bicyclic) bond motifs is 1. The maximum atomic E-state index is 4.45. The SMILES string of the molecule is CC(C)CNCCN(C)c1ncnc2c1CCC2. The van der Waals surface area contributed by atoms with Crippen LogP contribution in [0.15, 0.2) is 6.33 Å². The van der Waals surface area contributed by atoms with Gasteiger partial charge < -0.3 is 10.2 Å². The zero-order chi connectivity index (χ0) is 13.0. The van der Waals surface area contributed by atoms with Crippen LogP contribution >= 0.6 is 0 Å². The van der Waals surface area contributed by atoms with Crippen molar-refractivity contribution in [2.75, 3.05) is 31.6 Å². The molecule has 4 heteroatoms. The van der Waals surface area contributed by atoms with Crippen molar-refractivity contribution in [2.24, 2.45) is 5.92 Å². The van der Waals surface area contributed by atoms with Crippen LogP contribution in [0, 0.1) is 5.92 Å². The highest BCUT2D eigenvalue weighted by molar-refractivity contribution is 5.49. The standard InChI is InChI=1S/C14H24N4/c1-11(2)9-15-7-8-18(3)14-12-5-4-6-13(12)16-10-17-14/h10-11,15H,4-9H2,1-3H3. The maximum absolute atomic E-state index is 4.45. The summed E-state index contributed by atoms with van der Waals surface area (Å²) < 4.78 is 0. The van der Waals surface area contributed by atoms with Crippen molar-refractivity contribution in [3.63, 3.8) is 0 Å². The van der Waals surface area contributed by atoms with Crippen LogP contribution < -0.4 is 10.2 Å². The normalized spacial score (nSPS) is 14.0. The lowest BCUT2D eigenvalue weighted by molar-refractivity contribution is 0.553. The Morgan fingerprint density at radius 1 is 1.33 bits per heavy atom. The Hall–Kier alpha value is -1.16. The fraction of sp³-hybridized carbons (Fsp3) is 0.714. The number of likely N-dealkylation sites (N-methyl/N-ethyl adjacent to an activating group) is 1. The number of aryl methyl sites for hydroxylation is 1. The van der Waals surface area contributed by atoms with Gasteiger partial charge in [0.1, 0.15) is 12.1 Å². The minimum atomic E-state index is 0.707. The second-order valence-electron chi connectivity index (χ2n) is 5.50. The quantitative estimate of drug-likeness (QED) is 0.777. The summed E-state index contributed by atoms with van der Waals surface area (Å²) in [5.41, 5.74) is 2.62. The number of nitrogens with zero attached hydrogens (tertiary/aromatic N) is 3. The van der Waals surface area contributed by atoms with Crippen LogP contribution in [-0.4, -0.2) is 36.6 Å². The molecule has 1 aromatic rings. The van der Waals surface area contributed by atoms with Crippen molar-refractivity contribution in [2.45, 2.75) is 33.1 Å². The zero-order valence-corrected chi connectivity index (χ0v) is 11.7. The van der Waals surface area contributed by atoms with Gasteiger partial charge in [0.05, 0.1) is 0 Å². The van der Waals surface area contributed by atoms with E-state index in [4.69, 9.17) is 0 Å². The molecule has 0 bridgehead atoms. The molecule has 2 rings (SSSR count). The van der Waals surface area contributed by atoms with Crippen LogP contribution in [0.4, 0.5) is 5.82 Å². The average molecular weight is 248 g/mol. The molecule has 0 spiro atoms. The second kappa shape index (κ2) is 6.14. The molecule has 0 unspecified atom stereocenters. The lowest BCUT2D eigenvalue weighted by Gasteiger charge is -2.21. The molecule has 1 heterocycles. The number of hydrogen-bond donors (Lipinski definition) is 1. The molecule has 0 aromatic carbocycles. The van der Waals surface area contributed by atoms with Crippen LogP contribution in [0.5, 0.6) is 0 Å². The third kappa shape index (κ3) is 3.19. The largest absolute Gasteiger partial charge is 0.358 e. The van der Waals surface area contributed by atoms with Gasteiger partial charge in [0.2, 0.25) is 0 Å². The van der Waals surface area contributed by atoms with E-state index < -0.39 is 0 Å². The molecule has 0 fully saturated rings. The van der Waals surface area contributed by atoms with E-state index >= 15 is 0 Å². The third-order valence-electron chi connectivity index (χ3n) is 3.39. The molecule has 0 saturated carbocycles. The summed E-state index contributed by atoms with van der Waals surface area (Å²) in [5, 5.41) is 3.47. The smallest absolute Gasteiger partial charge is 0.135 e. The summed E-state index contributed by atoms with van der Waals surface area (Å²) in [5.74, 6) is 1.84. The molecule has 18 heavy (non-hydrogen) atoms. The first-order valence-corrected chi connectivity index (χ1v) is 6.93. The Balaban J connectivity index is 1.89. The van der Waals surface area contributed by atoms with Gasteiger partial charge in [-0.25, -0.2) is 9.97 Å². The van der Waals surface area contributed by atoms with Crippen LogP contribution in [0.25, 0.3) is 0 Å². The van der Waals surface area contributed by atoms with Gasteiger partial charge in [-0.3, -0.25) is 0 Å². The molecule has 1 aliphatic carbocycles. The van der Waals surface area contributed by atoms with Gasteiger partial charge in [-0.15, -0.1) is 0 Å². The summed E-state index contributed by atoms with van der Waals surface area (Å²) in [6.45, 7) is 7.54. The fourth-order valence-electron chi connectivity index (χ4n) is 2.41. The van der Waals surface area contributed by atoms with Crippen LogP contribution in [0.1, 0.15) is 31.5 Å². The van der Waals surface area contributed by atoms with Crippen molar-refractivity contribution < 1.29 is 0 Å². The number of aromatic nitrogens is 2. The number of anilines is 1. The molecule has 4 nitrogen and oxygen atoms in total. The number of hydrogen-bond acceptors (Lipinski definition) is 4. The highest BCUT2D eigenvalue weighted by Crippen LogP contribution is 2.26. The Labute approximate surface area is 110 Å². The van der Waals surface area contributed by atoms with Crippen molar-refractivity contribution in [1.29, 1.82) is 0 Å². The molecule has 1 aliphatic rings. The Morgan fingerprint density at radius 3 is 2.94 bits per heavy atom. The van der Waals surface area contributed by atoms with E-state index in [1.54, 1.807) is 6.33 Å². The van der Waals surface area contributed by atoms with Gasteiger partial charge in [-0.05, 0) is 31.7 Å². The summed E-state index contributed by atoms with van der Waals surface area (Å²) >= 11 is 0. The van der Waals surface area contributed by atoms with Crippen LogP contribution in [0.3, 0.4) is 0 Å². The predicted molar refractivity (Wildman–Crippen MR) is 75.0 cm³/mol. The fourth-order valence-corrected chi connectivity index (χ4v) is 2.41. The topological polar surface area (TPSA) is 41.0 Å². The molecular formula is C14H24N4. The van der Waals surface area contributed by atoms with Gasteiger partial charge in [-0.1, -0.05) is 13.8 Å². The van der Waals surface area contributed by atoms with E-state index in [0.29, 0.717) is 5.92 Å². The number of nitrogens with one attached hydrogen (secondary N) is 1. The Morgan fingerprint density at radius 2 is 2.17 bits per heavy atom. The lowest BCUT2D eigenvalue weighted by Crippen LogP contribution is -2.32. The van der Waals surface area contributed by atoms with Crippen LogP contribution in [-0.2, 0) is 12.8 Å². The number of rotatable bonds is 6. The second-order valence-corrected chi connectivity index (χ2v) is 5.50. The summed E-state index contributed by atoms with van der Waals surface area (Å²) in [6.07, 6.45) is 5.18. The molecule has 0 aliphatic heterocycles. The van der Waals surface area contributed by atoms with Gasteiger partial charge in [-0.2, -0.15) is 0 Å². The highest BCUT2D eigenvalue weighted by Gasteiger charge is 2.18. The molecular weight excluding hydrogens is 224 g/mol. The first kappa shape index (κ1) is 13.3. The summed E-state index contributed by atoms with van der Waals surface area (Å²) in [4.78, 5) is 11.1. The minimum absolute atomic E-state index is 0.707. The molecule has 1 aromatic heterocycles. The van der Waals surface area contributed by atoms with Crippen molar-refractivity contribution >= 4 is 5.82 Å². The molecule has 100 valence electrons. The van der Waals surface area contributed by atoms with Crippen LogP contribution in [0.2, 0.25) is 0 Å². The first-order chi connectivity index (χ1) is 8.68. The van der Waals surface area contributed by atoms with E-state index in [2.05, 4.69) is 41.1 Å². The van der Waals surface area contributed by atoms with Gasteiger partial charge >= 0.3 is 0 Å². The molecule has 0 saturated heterocycles. The van der Waals surface area contributed by atoms with Gasteiger partial charge in [0.15, 0.2) is 0 Å². The van der Waals surface area contributed by atoms with E-state index in [0.717, 1.165) is 38.3 Å². The lowest BCUT2D eigenvalue weighted by atomic mass is 10.2. The van der Waals surface area contributed by atoms with E-state index in [1.165, 1.54) is 17.7 Å². The first-order valence-electron chi connectivity index (χ1n) is 6.93. The Kier molecular flexibility index (Phi) is 4.53. The van der Waals surface area contributed by atoms with Crippen molar-refractivity contribution in [3.8, 4) is 0 Å². The van der Waals surface area contributed by atoms with E-state index in [1.807, 2.05) is 0 Å². The minimum Gasteiger partial charge on any atom is -0.358 e. The maximum Gasteiger partial charge on any atom is 0.135 e. The summed E-state index contributed by atoms with van der Waals surface area (Å²) in [6, 6.07) is 0. The molecule has 0 atom stereocenters. The predicted octanol–water partition coefficient (Wildman–Crippen LogP) is 1.65. The van der Waals surface area contributed by atoms with Gasteiger partial charge in [0.25, 0.3) is 0 Å². The monoisotopic (exact) mass is 248 g/mol. The van der Waals surface area contributed by atoms with Crippen molar-refractivity contribution in [3.05, 3.63) is 17.6 Å². The third-order valence-corrected chi connectivity index (χ3v) is 3.39. The molecule has 0 amide bonds. The van der Waals surface area contributed by atoms with Gasteiger partial charge in [0, 0.05) is 31.4 Å². The van der Waals surface area contributed by atoms with Crippen molar-refractivity contribution in [1.82, 2.24) is 15.3 Å². The summed E-state index contributed by atoms with van der Waals surface area (Å²) in [7, 11) is 2.12. The molecule has 1 N–H and O–H groups in total. The molecule has 0 radical (unpaired) electrons. The Bertz CT molecular complexity index is 389. The average Bonchev–Trinajstić information content (AvgIpc) is 2.82. The van der Waals surface area contributed by atoms with E-state index in [9.17, 15) is 0 Å².